The Morgan fingerprint density at radius 3 is 3.21 bits per heavy atom. The Morgan fingerprint density at radius 2 is 2.43 bits per heavy atom. The third-order valence-corrected chi connectivity index (χ3v) is 2.61. The fraction of sp³-hybridized carbons (Fsp3) is 0.600. The Labute approximate surface area is 84.4 Å². The van der Waals surface area contributed by atoms with E-state index in [0.717, 1.165) is 32.0 Å². The summed E-state index contributed by atoms with van der Waals surface area (Å²) < 4.78 is 0. The van der Waals surface area contributed by atoms with Crippen LogP contribution in [-0.2, 0) is 13.0 Å². The van der Waals surface area contributed by atoms with Gasteiger partial charge in [-0.1, -0.05) is 0 Å². The summed E-state index contributed by atoms with van der Waals surface area (Å²) in [5, 5.41) is 3.31. The molecule has 0 spiro atoms. The average Bonchev–Trinajstić information content (AvgIpc) is 2.27. The lowest BCUT2D eigenvalue weighted by molar-refractivity contribution is 0.624. The summed E-state index contributed by atoms with van der Waals surface area (Å²) in [5.74, 6) is 0.841. The van der Waals surface area contributed by atoms with Crippen molar-refractivity contribution in [3.05, 3.63) is 17.5 Å². The van der Waals surface area contributed by atoms with Crippen LogP contribution < -0.4 is 10.2 Å². The van der Waals surface area contributed by atoms with E-state index in [1.165, 1.54) is 11.3 Å². The van der Waals surface area contributed by atoms with Crippen LogP contribution in [0.25, 0.3) is 0 Å². The zero-order valence-electron chi connectivity index (χ0n) is 8.75. The van der Waals surface area contributed by atoms with Gasteiger partial charge in [0.05, 0.1) is 5.69 Å². The molecule has 4 heteroatoms. The summed E-state index contributed by atoms with van der Waals surface area (Å²) in [6, 6.07) is 0. The van der Waals surface area contributed by atoms with Crippen LogP contribution in [0.3, 0.4) is 0 Å². The maximum absolute atomic E-state index is 4.56. The van der Waals surface area contributed by atoms with Crippen LogP contribution in [0.1, 0.15) is 18.2 Å². The van der Waals surface area contributed by atoms with E-state index >= 15 is 0 Å². The number of hydrogen-bond acceptors (Lipinski definition) is 4. The van der Waals surface area contributed by atoms with E-state index in [-0.39, 0.29) is 0 Å². The van der Waals surface area contributed by atoms with Crippen molar-refractivity contribution < 1.29 is 0 Å². The molecule has 1 aliphatic rings. The van der Waals surface area contributed by atoms with Crippen LogP contribution in [0.4, 0.5) is 5.95 Å². The van der Waals surface area contributed by atoms with Crippen LogP contribution in [0, 0.1) is 0 Å². The molecule has 0 fully saturated rings. The lowest BCUT2D eigenvalue weighted by Gasteiger charge is -2.19. The summed E-state index contributed by atoms with van der Waals surface area (Å²) in [5.41, 5.74) is 2.44. The Balaban J connectivity index is 2.29. The smallest absolute Gasteiger partial charge is 0.225 e. The Hall–Kier alpha value is -1.16. The molecule has 0 radical (unpaired) electrons. The second-order valence-electron chi connectivity index (χ2n) is 3.58. The number of rotatable bonds is 2. The molecule has 1 aliphatic heterocycles. The Bertz CT molecular complexity index is 324. The molecule has 0 amide bonds. The summed E-state index contributed by atoms with van der Waals surface area (Å²) in [6.07, 6.45) is 2.96. The van der Waals surface area contributed by atoms with Gasteiger partial charge in [-0.15, -0.1) is 0 Å². The SMILES string of the molecule is CCN(C)c1ncc2c(n1)CCNC2. The van der Waals surface area contributed by atoms with Gasteiger partial charge in [-0.2, -0.15) is 0 Å². The highest BCUT2D eigenvalue weighted by Crippen LogP contribution is 2.13. The molecule has 76 valence electrons. The number of anilines is 1. The molecule has 0 bridgehead atoms. The largest absolute Gasteiger partial charge is 0.344 e. The van der Waals surface area contributed by atoms with Gasteiger partial charge in [-0.3, -0.25) is 0 Å². The summed E-state index contributed by atoms with van der Waals surface area (Å²) >= 11 is 0. The van der Waals surface area contributed by atoms with Gasteiger partial charge in [0.1, 0.15) is 0 Å². The molecule has 1 aromatic rings. The van der Waals surface area contributed by atoms with Crippen molar-refractivity contribution in [1.82, 2.24) is 15.3 Å². The van der Waals surface area contributed by atoms with E-state index < -0.39 is 0 Å². The highest BCUT2D eigenvalue weighted by Gasteiger charge is 2.12. The van der Waals surface area contributed by atoms with Crippen LogP contribution in [0.5, 0.6) is 0 Å². The minimum absolute atomic E-state index is 0.841. The first-order chi connectivity index (χ1) is 6.81. The quantitative estimate of drug-likeness (QED) is 0.744. The average molecular weight is 192 g/mol. The van der Waals surface area contributed by atoms with Crippen molar-refractivity contribution in [2.75, 3.05) is 25.0 Å². The topological polar surface area (TPSA) is 41.1 Å². The van der Waals surface area contributed by atoms with Crippen LogP contribution in [0.2, 0.25) is 0 Å². The van der Waals surface area contributed by atoms with Crippen molar-refractivity contribution in [3.63, 3.8) is 0 Å². The van der Waals surface area contributed by atoms with Crippen LogP contribution in [0.15, 0.2) is 6.20 Å². The van der Waals surface area contributed by atoms with Gasteiger partial charge in [0, 0.05) is 44.9 Å². The molecule has 2 heterocycles. The predicted octanol–water partition coefficient (Wildman–Crippen LogP) is 0.578. The zero-order chi connectivity index (χ0) is 9.97. The monoisotopic (exact) mass is 192 g/mol. The van der Waals surface area contributed by atoms with Crippen molar-refractivity contribution in [2.24, 2.45) is 0 Å². The maximum Gasteiger partial charge on any atom is 0.225 e. The van der Waals surface area contributed by atoms with E-state index in [9.17, 15) is 0 Å². The van der Waals surface area contributed by atoms with Gasteiger partial charge in [0.15, 0.2) is 0 Å². The lowest BCUT2D eigenvalue weighted by atomic mass is 10.1. The minimum Gasteiger partial charge on any atom is -0.344 e. The molecule has 0 aromatic carbocycles. The first-order valence-electron chi connectivity index (χ1n) is 5.08. The van der Waals surface area contributed by atoms with Gasteiger partial charge in [-0.05, 0) is 6.92 Å². The predicted molar refractivity (Wildman–Crippen MR) is 56.4 cm³/mol. The Kier molecular flexibility index (Phi) is 2.63. The van der Waals surface area contributed by atoms with Crippen LogP contribution >= 0.6 is 0 Å². The van der Waals surface area contributed by atoms with E-state index in [1.807, 2.05) is 13.2 Å². The molecule has 2 rings (SSSR count). The molecule has 14 heavy (non-hydrogen) atoms. The van der Waals surface area contributed by atoms with Gasteiger partial charge >= 0.3 is 0 Å². The van der Waals surface area contributed by atoms with E-state index in [0.29, 0.717) is 0 Å². The van der Waals surface area contributed by atoms with Crippen molar-refractivity contribution in [1.29, 1.82) is 0 Å². The van der Waals surface area contributed by atoms with E-state index in [4.69, 9.17) is 0 Å². The molecule has 4 nitrogen and oxygen atoms in total. The van der Waals surface area contributed by atoms with Gasteiger partial charge in [0.2, 0.25) is 5.95 Å². The number of nitrogens with zero attached hydrogens (tertiary/aromatic N) is 3. The fourth-order valence-corrected chi connectivity index (χ4v) is 1.55. The first-order valence-corrected chi connectivity index (χ1v) is 5.08. The van der Waals surface area contributed by atoms with Gasteiger partial charge < -0.3 is 10.2 Å². The molecule has 0 aliphatic carbocycles. The second kappa shape index (κ2) is 3.92. The van der Waals surface area contributed by atoms with E-state index in [2.05, 4.69) is 27.1 Å². The molecule has 0 saturated carbocycles. The van der Waals surface area contributed by atoms with Gasteiger partial charge in [-0.25, -0.2) is 9.97 Å². The van der Waals surface area contributed by atoms with E-state index in [1.54, 1.807) is 0 Å². The normalized spacial score (nSPS) is 15.0. The molecule has 0 atom stereocenters. The molecule has 1 N–H and O–H groups in total. The third-order valence-electron chi connectivity index (χ3n) is 2.61. The Morgan fingerprint density at radius 1 is 1.57 bits per heavy atom. The van der Waals surface area contributed by atoms with Crippen molar-refractivity contribution in [3.8, 4) is 0 Å². The number of fused-ring (bicyclic) bond motifs is 1. The van der Waals surface area contributed by atoms with Crippen molar-refractivity contribution >= 4 is 5.95 Å². The molecule has 0 unspecified atom stereocenters. The molecule has 0 saturated heterocycles. The molecular weight excluding hydrogens is 176 g/mol. The summed E-state index contributed by atoms with van der Waals surface area (Å²) in [7, 11) is 2.02. The number of hydrogen-bond donors (Lipinski definition) is 1. The minimum atomic E-state index is 0.841. The highest BCUT2D eigenvalue weighted by molar-refractivity contribution is 5.32. The lowest BCUT2D eigenvalue weighted by Crippen LogP contribution is -2.27. The summed E-state index contributed by atoms with van der Waals surface area (Å²) in [4.78, 5) is 11.0. The molecular formula is C10H16N4. The highest BCUT2D eigenvalue weighted by atomic mass is 15.2. The first kappa shape index (κ1) is 9.40. The standard InChI is InChI=1S/C10H16N4/c1-3-14(2)10-12-7-8-6-11-5-4-9(8)13-10/h7,11H,3-6H2,1-2H3. The number of nitrogens with one attached hydrogen (secondary N) is 1. The number of aromatic nitrogens is 2. The maximum atomic E-state index is 4.56. The second-order valence-corrected chi connectivity index (χ2v) is 3.58. The summed E-state index contributed by atoms with van der Waals surface area (Å²) in [6.45, 7) is 4.98. The third kappa shape index (κ3) is 1.70. The van der Waals surface area contributed by atoms with Crippen LogP contribution in [-0.4, -0.2) is 30.1 Å². The van der Waals surface area contributed by atoms with Crippen molar-refractivity contribution in [2.45, 2.75) is 19.9 Å². The fourth-order valence-electron chi connectivity index (χ4n) is 1.55. The van der Waals surface area contributed by atoms with Gasteiger partial charge in [0.25, 0.3) is 0 Å². The molecule has 1 aromatic heterocycles. The zero-order valence-corrected chi connectivity index (χ0v) is 8.75.